The Labute approximate surface area is 161 Å². The number of nitrogens with one attached hydrogen (secondary N) is 2. The third-order valence-corrected chi connectivity index (χ3v) is 3.78. The number of alkyl carbamates (subject to hydrolysis) is 1. The fourth-order valence-corrected chi connectivity index (χ4v) is 2.48. The fraction of sp³-hybridized carbons (Fsp3) is 0.364. The van der Waals surface area contributed by atoms with E-state index in [9.17, 15) is 9.59 Å². The molecular weight excluding hydrogens is 340 g/mol. The summed E-state index contributed by atoms with van der Waals surface area (Å²) in [6.07, 6.45) is -0.503. The van der Waals surface area contributed by atoms with Crippen LogP contribution in [0.3, 0.4) is 0 Å². The number of carbonyl (C=O) groups is 2. The Hall–Kier alpha value is -2.82. The van der Waals surface area contributed by atoms with Crippen molar-refractivity contribution in [1.82, 2.24) is 10.6 Å². The third-order valence-electron chi connectivity index (χ3n) is 3.78. The Bertz CT molecular complexity index is 775. The molecule has 0 aromatic heterocycles. The van der Waals surface area contributed by atoms with Gasteiger partial charge < -0.3 is 15.4 Å². The molecule has 0 saturated heterocycles. The number of ether oxygens (including phenoxy) is 1. The van der Waals surface area contributed by atoms with Crippen LogP contribution in [0.5, 0.6) is 0 Å². The molecule has 0 atom stereocenters. The van der Waals surface area contributed by atoms with Crippen molar-refractivity contribution in [2.75, 3.05) is 6.54 Å². The van der Waals surface area contributed by atoms with Gasteiger partial charge in [-0.3, -0.25) is 4.79 Å². The molecule has 5 heteroatoms. The van der Waals surface area contributed by atoms with Crippen molar-refractivity contribution >= 4 is 12.0 Å². The molecule has 2 amide bonds. The van der Waals surface area contributed by atoms with E-state index >= 15 is 0 Å². The minimum Gasteiger partial charge on any atom is -0.444 e. The predicted molar refractivity (Wildman–Crippen MR) is 108 cm³/mol. The van der Waals surface area contributed by atoms with Crippen molar-refractivity contribution in [2.24, 2.45) is 0 Å². The summed E-state index contributed by atoms with van der Waals surface area (Å²) >= 11 is 0. The van der Waals surface area contributed by atoms with Gasteiger partial charge in [0.25, 0.3) is 5.91 Å². The van der Waals surface area contributed by atoms with Gasteiger partial charge in [0.15, 0.2) is 0 Å². The molecule has 0 saturated carbocycles. The smallest absolute Gasteiger partial charge is 0.407 e. The van der Waals surface area contributed by atoms with Crippen molar-refractivity contribution in [1.29, 1.82) is 0 Å². The summed E-state index contributed by atoms with van der Waals surface area (Å²) in [5, 5.41) is 5.63. The quantitative estimate of drug-likeness (QED) is 0.823. The summed E-state index contributed by atoms with van der Waals surface area (Å²) in [6.45, 7) is 9.37. The van der Waals surface area contributed by atoms with Gasteiger partial charge in [-0.05, 0) is 57.9 Å². The van der Waals surface area contributed by atoms with Gasteiger partial charge in [0.05, 0.1) is 5.54 Å². The van der Waals surface area contributed by atoms with E-state index in [2.05, 4.69) is 10.6 Å². The van der Waals surface area contributed by atoms with Crippen LogP contribution in [0.4, 0.5) is 4.79 Å². The van der Waals surface area contributed by atoms with Gasteiger partial charge >= 0.3 is 6.09 Å². The highest BCUT2D eigenvalue weighted by Crippen LogP contribution is 2.19. The largest absolute Gasteiger partial charge is 0.444 e. The van der Waals surface area contributed by atoms with Crippen molar-refractivity contribution < 1.29 is 14.3 Å². The molecule has 0 aliphatic carbocycles. The van der Waals surface area contributed by atoms with Gasteiger partial charge in [-0.15, -0.1) is 0 Å². The Morgan fingerprint density at radius 3 is 1.96 bits per heavy atom. The van der Waals surface area contributed by atoms with Crippen molar-refractivity contribution in [3.8, 4) is 11.1 Å². The molecule has 27 heavy (non-hydrogen) atoms. The SMILES string of the molecule is CC(C)(CNC(=O)OC(C)(C)C)NC(=O)c1ccc(-c2ccccc2)cc1. The topological polar surface area (TPSA) is 67.4 Å². The Kier molecular flexibility index (Phi) is 6.26. The molecular formula is C22H28N2O3. The van der Waals surface area contributed by atoms with E-state index in [1.54, 1.807) is 32.9 Å². The first kappa shape index (κ1) is 20.5. The maximum atomic E-state index is 12.5. The second-order valence-electron chi connectivity index (χ2n) is 8.14. The Morgan fingerprint density at radius 1 is 0.852 bits per heavy atom. The average Bonchev–Trinajstić information content (AvgIpc) is 2.59. The Balaban J connectivity index is 1.94. The zero-order valence-corrected chi connectivity index (χ0v) is 16.6. The highest BCUT2D eigenvalue weighted by atomic mass is 16.6. The van der Waals surface area contributed by atoms with E-state index in [4.69, 9.17) is 4.74 Å². The summed E-state index contributed by atoms with van der Waals surface area (Å²) < 4.78 is 5.22. The fourth-order valence-electron chi connectivity index (χ4n) is 2.48. The second kappa shape index (κ2) is 8.25. The molecule has 2 N–H and O–H groups in total. The van der Waals surface area contributed by atoms with Crippen LogP contribution in [0.15, 0.2) is 54.6 Å². The zero-order valence-electron chi connectivity index (χ0n) is 16.6. The van der Waals surface area contributed by atoms with E-state index in [1.165, 1.54) is 0 Å². The second-order valence-corrected chi connectivity index (χ2v) is 8.14. The molecule has 2 aromatic carbocycles. The summed E-state index contributed by atoms with van der Waals surface area (Å²) in [5.41, 5.74) is 1.55. The number of rotatable bonds is 5. The normalized spacial score (nSPS) is 11.6. The van der Waals surface area contributed by atoms with Crippen LogP contribution in [-0.2, 0) is 4.74 Å². The summed E-state index contributed by atoms with van der Waals surface area (Å²) in [4.78, 5) is 24.3. The number of hydrogen-bond donors (Lipinski definition) is 2. The van der Waals surface area contributed by atoms with Gasteiger partial charge in [-0.1, -0.05) is 42.5 Å². The lowest BCUT2D eigenvalue weighted by atomic mass is 10.0. The van der Waals surface area contributed by atoms with E-state index < -0.39 is 17.2 Å². The highest BCUT2D eigenvalue weighted by molar-refractivity contribution is 5.95. The lowest BCUT2D eigenvalue weighted by Crippen LogP contribution is -2.52. The first-order valence-corrected chi connectivity index (χ1v) is 9.01. The minimum atomic E-state index is -0.619. The van der Waals surface area contributed by atoms with Gasteiger partial charge in [-0.25, -0.2) is 4.79 Å². The molecule has 2 aromatic rings. The average molecular weight is 368 g/mol. The first-order valence-electron chi connectivity index (χ1n) is 9.01. The molecule has 0 bridgehead atoms. The van der Waals surface area contributed by atoms with Crippen molar-refractivity contribution in [3.63, 3.8) is 0 Å². The molecule has 0 unspecified atom stereocenters. The van der Waals surface area contributed by atoms with Gasteiger partial charge in [-0.2, -0.15) is 0 Å². The van der Waals surface area contributed by atoms with Crippen molar-refractivity contribution in [3.05, 3.63) is 60.2 Å². The molecule has 2 rings (SSSR count). The molecule has 144 valence electrons. The van der Waals surface area contributed by atoms with Crippen LogP contribution >= 0.6 is 0 Å². The first-order chi connectivity index (χ1) is 12.6. The van der Waals surface area contributed by atoms with Gasteiger partial charge in [0.2, 0.25) is 0 Å². The van der Waals surface area contributed by atoms with Crippen LogP contribution in [0, 0.1) is 0 Å². The maximum Gasteiger partial charge on any atom is 0.407 e. The van der Waals surface area contributed by atoms with E-state index in [0.29, 0.717) is 5.56 Å². The molecule has 0 aliphatic heterocycles. The number of hydrogen-bond acceptors (Lipinski definition) is 3. The molecule has 0 heterocycles. The van der Waals surface area contributed by atoms with Crippen LogP contribution in [0.2, 0.25) is 0 Å². The Morgan fingerprint density at radius 2 is 1.41 bits per heavy atom. The van der Waals surface area contributed by atoms with E-state index in [-0.39, 0.29) is 12.5 Å². The minimum absolute atomic E-state index is 0.189. The number of benzene rings is 2. The molecule has 0 radical (unpaired) electrons. The predicted octanol–water partition coefficient (Wildman–Crippen LogP) is 4.39. The number of amides is 2. The van der Waals surface area contributed by atoms with E-state index in [1.807, 2.05) is 56.3 Å². The maximum absolute atomic E-state index is 12.5. The summed E-state index contributed by atoms with van der Waals surface area (Å²) in [7, 11) is 0. The summed E-state index contributed by atoms with van der Waals surface area (Å²) in [5.74, 6) is -0.189. The molecule has 0 fully saturated rings. The van der Waals surface area contributed by atoms with Crippen LogP contribution in [0.25, 0.3) is 11.1 Å². The molecule has 0 spiro atoms. The van der Waals surface area contributed by atoms with Crippen molar-refractivity contribution in [2.45, 2.75) is 45.8 Å². The third kappa shape index (κ3) is 6.77. The highest BCUT2D eigenvalue weighted by Gasteiger charge is 2.24. The van der Waals surface area contributed by atoms with E-state index in [0.717, 1.165) is 11.1 Å². The van der Waals surface area contributed by atoms with Crippen LogP contribution < -0.4 is 10.6 Å². The number of carbonyl (C=O) groups excluding carboxylic acids is 2. The monoisotopic (exact) mass is 368 g/mol. The van der Waals surface area contributed by atoms with Gasteiger partial charge in [0, 0.05) is 12.1 Å². The summed E-state index contributed by atoms with van der Waals surface area (Å²) in [6, 6.07) is 17.4. The molecule has 5 nitrogen and oxygen atoms in total. The lowest BCUT2D eigenvalue weighted by Gasteiger charge is -2.28. The standard InChI is InChI=1S/C22H28N2O3/c1-21(2,3)27-20(26)23-15-22(4,5)24-19(25)18-13-11-17(12-14-18)16-9-7-6-8-10-16/h6-14H,15H2,1-5H3,(H,23,26)(H,24,25). The van der Waals surface area contributed by atoms with Gasteiger partial charge in [0.1, 0.15) is 5.60 Å². The van der Waals surface area contributed by atoms with Crippen LogP contribution in [0.1, 0.15) is 45.0 Å². The zero-order chi connectivity index (χ0) is 20.1. The lowest BCUT2D eigenvalue weighted by molar-refractivity contribution is 0.0509. The molecule has 0 aliphatic rings. The van der Waals surface area contributed by atoms with Crippen LogP contribution in [-0.4, -0.2) is 29.7 Å².